The van der Waals surface area contributed by atoms with Crippen molar-refractivity contribution in [2.75, 3.05) is 37.6 Å². The van der Waals surface area contributed by atoms with Gasteiger partial charge in [0.05, 0.1) is 11.3 Å². The molecule has 1 aliphatic carbocycles. The lowest BCUT2D eigenvalue weighted by Gasteiger charge is -2.29. The van der Waals surface area contributed by atoms with Gasteiger partial charge in [0.25, 0.3) is 0 Å². The SMILES string of the molecule is CC1(CC(Sc2ccc(-c3ccc(N4CCNCC4)cc3)cc2)C(=O)NCC#N)CC1. The van der Waals surface area contributed by atoms with Gasteiger partial charge in [-0.15, -0.1) is 11.8 Å². The molecule has 2 fully saturated rings. The number of rotatable bonds is 8. The van der Waals surface area contributed by atoms with Crippen molar-refractivity contribution in [1.29, 1.82) is 5.26 Å². The van der Waals surface area contributed by atoms with Crippen molar-refractivity contribution < 1.29 is 4.79 Å². The Hall–Kier alpha value is -2.49. The molecule has 0 spiro atoms. The first-order chi connectivity index (χ1) is 15.1. The monoisotopic (exact) mass is 434 g/mol. The topological polar surface area (TPSA) is 68.2 Å². The number of carbonyl (C=O) groups is 1. The summed E-state index contributed by atoms with van der Waals surface area (Å²) in [6.07, 6.45) is 3.21. The van der Waals surface area contributed by atoms with Crippen LogP contribution in [0.1, 0.15) is 26.2 Å². The number of amides is 1. The Balaban J connectivity index is 1.41. The van der Waals surface area contributed by atoms with Crippen LogP contribution in [0, 0.1) is 16.7 Å². The van der Waals surface area contributed by atoms with Crippen LogP contribution in [-0.4, -0.2) is 43.9 Å². The molecule has 162 valence electrons. The van der Waals surface area contributed by atoms with Gasteiger partial charge in [-0.3, -0.25) is 4.79 Å². The maximum atomic E-state index is 12.6. The van der Waals surface area contributed by atoms with Crippen LogP contribution in [0.5, 0.6) is 0 Å². The minimum Gasteiger partial charge on any atom is -0.369 e. The molecule has 1 aliphatic heterocycles. The lowest BCUT2D eigenvalue weighted by atomic mass is 10.0. The zero-order valence-corrected chi connectivity index (χ0v) is 18.9. The molecule has 2 aliphatic rings. The minimum atomic E-state index is -0.162. The summed E-state index contributed by atoms with van der Waals surface area (Å²) in [5, 5.41) is 14.8. The largest absolute Gasteiger partial charge is 0.369 e. The Bertz CT molecular complexity index is 925. The van der Waals surface area contributed by atoms with E-state index >= 15 is 0 Å². The lowest BCUT2D eigenvalue weighted by Crippen LogP contribution is -2.43. The van der Waals surface area contributed by atoms with Crippen LogP contribution in [0.25, 0.3) is 11.1 Å². The van der Waals surface area contributed by atoms with E-state index in [0.29, 0.717) is 0 Å². The first-order valence-electron chi connectivity index (χ1n) is 11.0. The first kappa shape index (κ1) is 21.7. The molecule has 0 bridgehead atoms. The fourth-order valence-electron chi connectivity index (χ4n) is 3.97. The summed E-state index contributed by atoms with van der Waals surface area (Å²) in [6, 6.07) is 19.2. The van der Waals surface area contributed by atoms with Crippen LogP contribution in [0.4, 0.5) is 5.69 Å². The number of hydrogen-bond acceptors (Lipinski definition) is 5. The predicted octanol–water partition coefficient (Wildman–Crippen LogP) is 4.05. The van der Waals surface area contributed by atoms with Crippen molar-refractivity contribution in [3.05, 3.63) is 48.5 Å². The van der Waals surface area contributed by atoms with E-state index in [4.69, 9.17) is 5.26 Å². The maximum absolute atomic E-state index is 12.6. The first-order valence-corrected chi connectivity index (χ1v) is 11.9. The highest BCUT2D eigenvalue weighted by Gasteiger charge is 2.41. The van der Waals surface area contributed by atoms with Gasteiger partial charge in [-0.25, -0.2) is 0 Å². The summed E-state index contributed by atoms with van der Waals surface area (Å²) in [5.41, 5.74) is 3.92. The number of nitrogens with one attached hydrogen (secondary N) is 2. The van der Waals surface area contributed by atoms with Gasteiger partial charge in [0.2, 0.25) is 5.91 Å². The van der Waals surface area contributed by atoms with Gasteiger partial charge < -0.3 is 15.5 Å². The average molecular weight is 435 g/mol. The van der Waals surface area contributed by atoms with E-state index in [1.807, 2.05) is 6.07 Å². The molecule has 31 heavy (non-hydrogen) atoms. The highest BCUT2D eigenvalue weighted by Crippen LogP contribution is 2.51. The third-order valence-electron chi connectivity index (χ3n) is 6.23. The summed E-state index contributed by atoms with van der Waals surface area (Å²) >= 11 is 1.61. The molecule has 2 aromatic rings. The van der Waals surface area contributed by atoms with Crippen molar-refractivity contribution in [2.24, 2.45) is 5.41 Å². The van der Waals surface area contributed by atoms with E-state index < -0.39 is 0 Å². The third kappa shape index (κ3) is 5.81. The number of carbonyl (C=O) groups excluding carboxylic acids is 1. The molecule has 4 rings (SSSR count). The molecular weight excluding hydrogens is 404 g/mol. The van der Waals surface area contributed by atoms with Gasteiger partial charge in [0.1, 0.15) is 6.54 Å². The van der Waals surface area contributed by atoms with Gasteiger partial charge >= 0.3 is 0 Å². The molecule has 0 aromatic heterocycles. The molecule has 1 heterocycles. The quantitative estimate of drug-likeness (QED) is 0.485. The van der Waals surface area contributed by atoms with E-state index in [-0.39, 0.29) is 23.1 Å². The molecule has 6 heteroatoms. The van der Waals surface area contributed by atoms with Crippen molar-refractivity contribution in [2.45, 2.75) is 36.3 Å². The van der Waals surface area contributed by atoms with Crippen molar-refractivity contribution in [3.63, 3.8) is 0 Å². The normalized spacial score (nSPS) is 18.1. The molecule has 2 N–H and O–H groups in total. The van der Waals surface area contributed by atoms with Crippen LogP contribution in [0.2, 0.25) is 0 Å². The Morgan fingerprint density at radius 3 is 2.32 bits per heavy atom. The van der Waals surface area contributed by atoms with E-state index in [1.165, 1.54) is 29.7 Å². The summed E-state index contributed by atoms with van der Waals surface area (Å²) in [6.45, 7) is 6.48. The standard InChI is InChI=1S/C25H30N4OS/c1-25(10-11-25)18-23(24(30)28-13-12-26)31-22-8-4-20(5-9-22)19-2-6-21(7-3-19)29-16-14-27-15-17-29/h2-9,23,27H,10-11,13-18H2,1H3,(H,28,30). The second kappa shape index (κ2) is 9.76. The van der Waals surface area contributed by atoms with Gasteiger partial charge in [-0.05, 0) is 60.1 Å². The molecule has 1 atom stereocenters. The number of piperazine rings is 1. The minimum absolute atomic E-state index is 0.0350. The van der Waals surface area contributed by atoms with Crippen molar-refractivity contribution >= 4 is 23.4 Å². The number of thioether (sulfide) groups is 1. The average Bonchev–Trinajstić information content (AvgIpc) is 3.55. The Morgan fingerprint density at radius 1 is 1.13 bits per heavy atom. The molecular formula is C25H30N4OS. The number of hydrogen-bond donors (Lipinski definition) is 2. The summed E-state index contributed by atoms with van der Waals surface area (Å²) in [5.74, 6) is -0.0350. The molecule has 1 amide bonds. The van der Waals surface area contributed by atoms with Gasteiger partial charge in [0.15, 0.2) is 0 Å². The molecule has 1 unspecified atom stereocenters. The predicted molar refractivity (Wildman–Crippen MR) is 127 cm³/mol. The summed E-state index contributed by atoms with van der Waals surface area (Å²) < 4.78 is 0. The fourth-order valence-corrected chi connectivity index (χ4v) is 5.27. The fraction of sp³-hybridized carbons (Fsp3) is 0.440. The second-order valence-electron chi connectivity index (χ2n) is 8.81. The molecule has 5 nitrogen and oxygen atoms in total. The number of benzene rings is 2. The highest BCUT2D eigenvalue weighted by molar-refractivity contribution is 8.00. The smallest absolute Gasteiger partial charge is 0.234 e. The van der Waals surface area contributed by atoms with Gasteiger partial charge in [-0.1, -0.05) is 31.2 Å². The van der Waals surface area contributed by atoms with Crippen LogP contribution in [0.3, 0.4) is 0 Å². The van der Waals surface area contributed by atoms with Crippen LogP contribution in [0.15, 0.2) is 53.4 Å². The van der Waals surface area contributed by atoms with E-state index in [0.717, 1.165) is 37.5 Å². The second-order valence-corrected chi connectivity index (χ2v) is 10.1. The summed E-state index contributed by atoms with van der Waals surface area (Å²) in [4.78, 5) is 16.1. The third-order valence-corrected chi connectivity index (χ3v) is 7.44. The zero-order valence-electron chi connectivity index (χ0n) is 18.1. The highest BCUT2D eigenvalue weighted by atomic mass is 32.2. The maximum Gasteiger partial charge on any atom is 0.234 e. The zero-order chi connectivity index (χ0) is 21.7. The Kier molecular flexibility index (Phi) is 6.84. The van der Waals surface area contributed by atoms with Crippen molar-refractivity contribution in [1.82, 2.24) is 10.6 Å². The Labute approximate surface area is 189 Å². The number of nitriles is 1. The van der Waals surface area contributed by atoms with E-state index in [2.05, 4.69) is 71.0 Å². The lowest BCUT2D eigenvalue weighted by molar-refractivity contribution is -0.120. The van der Waals surface area contributed by atoms with Crippen molar-refractivity contribution in [3.8, 4) is 17.2 Å². The molecule has 1 saturated heterocycles. The van der Waals surface area contributed by atoms with Gasteiger partial charge in [0, 0.05) is 36.8 Å². The molecule has 0 radical (unpaired) electrons. The summed E-state index contributed by atoms with van der Waals surface area (Å²) in [7, 11) is 0. The van der Waals surface area contributed by atoms with Crippen LogP contribution in [-0.2, 0) is 4.79 Å². The number of nitrogens with zero attached hydrogens (tertiary/aromatic N) is 2. The van der Waals surface area contributed by atoms with Gasteiger partial charge in [-0.2, -0.15) is 5.26 Å². The molecule has 1 saturated carbocycles. The van der Waals surface area contributed by atoms with E-state index in [1.54, 1.807) is 11.8 Å². The Morgan fingerprint density at radius 2 is 1.74 bits per heavy atom. The van der Waals surface area contributed by atoms with Crippen LogP contribution >= 0.6 is 11.8 Å². The van der Waals surface area contributed by atoms with E-state index in [9.17, 15) is 4.79 Å². The van der Waals surface area contributed by atoms with Crippen LogP contribution < -0.4 is 15.5 Å². The molecule has 2 aromatic carbocycles. The number of anilines is 1.